The predicted octanol–water partition coefficient (Wildman–Crippen LogP) is 3.92. The molecule has 14 heteroatoms. The van der Waals surface area contributed by atoms with Crippen molar-refractivity contribution in [2.75, 3.05) is 0 Å². The highest BCUT2D eigenvalue weighted by atomic mass is 19.4. The number of nitrogens with zero attached hydrogens (tertiary/aromatic N) is 6. The van der Waals surface area contributed by atoms with Crippen LogP contribution in [0.4, 0.5) is 32.2 Å². The summed E-state index contributed by atoms with van der Waals surface area (Å²) in [7, 11) is 1.37. The number of alkyl halides is 6. The lowest BCUT2D eigenvalue weighted by atomic mass is 10.0. The number of nitro groups is 1. The molecule has 8 nitrogen and oxygen atoms in total. The molecule has 0 N–H and O–H groups in total. The zero-order chi connectivity index (χ0) is 21.7. The maximum absolute atomic E-state index is 13.0. The van der Waals surface area contributed by atoms with E-state index in [-0.39, 0.29) is 17.7 Å². The molecule has 0 amide bonds. The molecule has 0 atom stereocenters. The Labute approximate surface area is 157 Å². The Hall–Kier alpha value is -3.45. The number of aryl methyl sites for hydroxylation is 1. The van der Waals surface area contributed by atoms with Crippen molar-refractivity contribution in [1.29, 1.82) is 0 Å². The van der Waals surface area contributed by atoms with E-state index in [1.807, 2.05) is 0 Å². The van der Waals surface area contributed by atoms with Crippen LogP contribution in [0.1, 0.15) is 17.0 Å². The summed E-state index contributed by atoms with van der Waals surface area (Å²) in [6.45, 7) is 1.47. The van der Waals surface area contributed by atoms with Gasteiger partial charge in [0.2, 0.25) is 0 Å². The Morgan fingerprint density at radius 2 is 1.59 bits per heavy atom. The Morgan fingerprint density at radius 3 is 2.07 bits per heavy atom. The molecule has 3 aromatic rings. The van der Waals surface area contributed by atoms with Crippen LogP contribution in [0.2, 0.25) is 0 Å². The SMILES string of the molecule is Cc1nc(-n2cnc(-c3cc(C(F)(F)F)cc(C(F)(F)F)c3)n2)c([N+](=O)[O-])n1C. The van der Waals surface area contributed by atoms with Crippen LogP contribution in [-0.4, -0.2) is 29.2 Å². The lowest BCUT2D eigenvalue weighted by Gasteiger charge is -2.13. The normalized spacial score (nSPS) is 12.4. The van der Waals surface area contributed by atoms with E-state index in [1.165, 1.54) is 14.0 Å². The fraction of sp³-hybridized carbons (Fsp3) is 0.267. The molecular weight excluding hydrogens is 410 g/mol. The lowest BCUT2D eigenvalue weighted by molar-refractivity contribution is -0.391. The van der Waals surface area contributed by atoms with E-state index in [1.54, 1.807) is 0 Å². The molecule has 0 saturated carbocycles. The average Bonchev–Trinajstić information content (AvgIpc) is 3.18. The van der Waals surface area contributed by atoms with Gasteiger partial charge in [0, 0.05) is 12.5 Å². The van der Waals surface area contributed by atoms with E-state index in [0.29, 0.717) is 12.1 Å². The maximum Gasteiger partial charge on any atom is 0.416 e. The Morgan fingerprint density at radius 1 is 1.03 bits per heavy atom. The molecular formula is C15H10F6N6O2. The zero-order valence-electron chi connectivity index (χ0n) is 14.6. The van der Waals surface area contributed by atoms with E-state index >= 15 is 0 Å². The number of hydrogen-bond donors (Lipinski definition) is 0. The second kappa shape index (κ2) is 6.56. The number of aromatic nitrogens is 5. The third kappa shape index (κ3) is 3.77. The van der Waals surface area contributed by atoms with Gasteiger partial charge in [0.25, 0.3) is 5.82 Å². The largest absolute Gasteiger partial charge is 0.416 e. The first kappa shape index (κ1) is 20.3. The molecule has 3 rings (SSSR count). The Kier molecular flexibility index (Phi) is 4.59. The first-order valence-electron chi connectivity index (χ1n) is 7.68. The van der Waals surface area contributed by atoms with Crippen molar-refractivity contribution in [3.63, 3.8) is 0 Å². The lowest BCUT2D eigenvalue weighted by Crippen LogP contribution is -2.11. The summed E-state index contributed by atoms with van der Waals surface area (Å²) in [5.74, 6) is -1.00. The number of halogens is 6. The third-order valence-electron chi connectivity index (χ3n) is 4.00. The molecule has 29 heavy (non-hydrogen) atoms. The van der Waals surface area contributed by atoms with Crippen molar-refractivity contribution in [1.82, 2.24) is 24.3 Å². The highest BCUT2D eigenvalue weighted by molar-refractivity contribution is 5.58. The molecule has 1 aromatic carbocycles. The van der Waals surface area contributed by atoms with E-state index in [4.69, 9.17) is 0 Å². The summed E-state index contributed by atoms with van der Waals surface area (Å²) in [6, 6.07) is 0.910. The van der Waals surface area contributed by atoms with Gasteiger partial charge in [-0.1, -0.05) is 0 Å². The zero-order valence-corrected chi connectivity index (χ0v) is 14.6. The van der Waals surface area contributed by atoms with Gasteiger partial charge in [-0.2, -0.15) is 36.0 Å². The molecule has 0 aliphatic carbocycles. The van der Waals surface area contributed by atoms with E-state index < -0.39 is 45.6 Å². The van der Waals surface area contributed by atoms with Crippen LogP contribution in [-0.2, 0) is 19.4 Å². The van der Waals surface area contributed by atoms with Crippen LogP contribution in [0.3, 0.4) is 0 Å². The molecule has 0 radical (unpaired) electrons. The van der Waals surface area contributed by atoms with Gasteiger partial charge in [-0.15, -0.1) is 5.10 Å². The van der Waals surface area contributed by atoms with Crippen LogP contribution in [0.15, 0.2) is 24.5 Å². The predicted molar refractivity (Wildman–Crippen MR) is 85.0 cm³/mol. The topological polar surface area (TPSA) is 91.7 Å². The van der Waals surface area contributed by atoms with E-state index in [9.17, 15) is 36.5 Å². The number of imidazole rings is 1. The molecule has 0 aliphatic rings. The summed E-state index contributed by atoms with van der Waals surface area (Å²) in [5, 5.41) is 15.0. The van der Waals surface area contributed by atoms with Crippen molar-refractivity contribution in [3.8, 4) is 17.2 Å². The third-order valence-corrected chi connectivity index (χ3v) is 4.00. The second-order valence-corrected chi connectivity index (χ2v) is 5.93. The quantitative estimate of drug-likeness (QED) is 0.364. The monoisotopic (exact) mass is 420 g/mol. The van der Waals surface area contributed by atoms with Crippen molar-refractivity contribution in [2.45, 2.75) is 19.3 Å². The maximum atomic E-state index is 13.0. The van der Waals surface area contributed by atoms with Gasteiger partial charge in [-0.05, 0) is 23.1 Å². The summed E-state index contributed by atoms with van der Waals surface area (Å²) in [4.78, 5) is 18.1. The van der Waals surface area contributed by atoms with Crippen molar-refractivity contribution in [2.24, 2.45) is 7.05 Å². The first-order chi connectivity index (χ1) is 13.3. The standard InChI is InChI=1S/C15H10F6N6O2/c1-7-23-12(13(25(7)2)27(28)29)26-6-22-11(24-26)8-3-9(14(16,17)18)5-10(4-8)15(19,20)21/h3-6H,1-2H3. The van der Waals surface area contributed by atoms with E-state index in [2.05, 4.69) is 15.1 Å². The van der Waals surface area contributed by atoms with Gasteiger partial charge >= 0.3 is 18.2 Å². The minimum atomic E-state index is -5.03. The molecule has 0 unspecified atom stereocenters. The number of rotatable bonds is 3. The fourth-order valence-corrected chi connectivity index (χ4v) is 2.52. The van der Waals surface area contributed by atoms with Crippen LogP contribution in [0.5, 0.6) is 0 Å². The minimum Gasteiger partial charge on any atom is -0.358 e. The Balaban J connectivity index is 2.15. The van der Waals surface area contributed by atoms with Gasteiger partial charge < -0.3 is 10.1 Å². The van der Waals surface area contributed by atoms with Gasteiger partial charge in [0.15, 0.2) is 11.6 Å². The summed E-state index contributed by atoms with van der Waals surface area (Å²) in [5.41, 5.74) is -3.61. The summed E-state index contributed by atoms with van der Waals surface area (Å²) >= 11 is 0. The van der Waals surface area contributed by atoms with Gasteiger partial charge in [-0.3, -0.25) is 0 Å². The van der Waals surface area contributed by atoms with E-state index in [0.717, 1.165) is 15.6 Å². The highest BCUT2D eigenvalue weighted by Gasteiger charge is 2.37. The minimum absolute atomic E-state index is 0.0204. The van der Waals surface area contributed by atoms with Gasteiger partial charge in [0.05, 0.1) is 18.2 Å². The van der Waals surface area contributed by atoms with Crippen LogP contribution < -0.4 is 0 Å². The molecule has 0 bridgehead atoms. The molecule has 0 saturated heterocycles. The van der Waals surface area contributed by atoms with Crippen LogP contribution in [0.25, 0.3) is 17.2 Å². The van der Waals surface area contributed by atoms with Crippen LogP contribution >= 0.6 is 0 Å². The summed E-state index contributed by atoms with van der Waals surface area (Å²) in [6.07, 6.45) is -9.15. The average molecular weight is 420 g/mol. The molecule has 2 heterocycles. The molecule has 2 aromatic heterocycles. The van der Waals surface area contributed by atoms with Gasteiger partial charge in [-0.25, -0.2) is 9.55 Å². The van der Waals surface area contributed by atoms with Crippen LogP contribution in [0, 0.1) is 17.0 Å². The highest BCUT2D eigenvalue weighted by Crippen LogP contribution is 2.38. The molecule has 0 spiro atoms. The molecule has 154 valence electrons. The van der Waals surface area contributed by atoms with Crippen molar-refractivity contribution >= 4 is 5.82 Å². The van der Waals surface area contributed by atoms with Gasteiger partial charge in [0.1, 0.15) is 6.33 Å². The summed E-state index contributed by atoms with van der Waals surface area (Å²) < 4.78 is 80.0. The first-order valence-corrected chi connectivity index (χ1v) is 7.68. The van der Waals surface area contributed by atoms with Crippen molar-refractivity contribution in [3.05, 3.63) is 51.6 Å². The molecule has 0 aliphatic heterocycles. The smallest absolute Gasteiger partial charge is 0.358 e. The molecule has 0 fully saturated rings. The number of hydrogen-bond acceptors (Lipinski definition) is 5. The second-order valence-electron chi connectivity index (χ2n) is 5.93. The fourth-order valence-electron chi connectivity index (χ4n) is 2.52. The Bertz CT molecular complexity index is 1070. The van der Waals surface area contributed by atoms with Crippen molar-refractivity contribution < 1.29 is 31.3 Å². The number of benzene rings is 1.